The maximum absolute atomic E-state index is 5.47. The average molecular weight is 250 g/mol. The van der Waals surface area contributed by atoms with E-state index in [0.29, 0.717) is 12.6 Å². The lowest BCUT2D eigenvalue weighted by Crippen LogP contribution is -2.37. The number of methoxy groups -OCH3 is 1. The standard InChI is InChI=1S/C13H22N4O/c1-4-11-7-5-6-8-12(11)16-13(17-14)15-10(2)9-18-3/h5-8,10H,4,9,14H2,1-3H3,(H2,15,16,17). The van der Waals surface area contributed by atoms with Crippen LogP contribution >= 0.6 is 0 Å². The number of ether oxygens (including phenoxy) is 1. The van der Waals surface area contributed by atoms with E-state index in [2.05, 4.69) is 28.7 Å². The summed E-state index contributed by atoms with van der Waals surface area (Å²) < 4.78 is 5.04. The van der Waals surface area contributed by atoms with E-state index in [9.17, 15) is 0 Å². The normalized spacial score (nSPS) is 13.2. The molecule has 0 aromatic heterocycles. The Balaban J connectivity index is 2.79. The van der Waals surface area contributed by atoms with Crippen molar-refractivity contribution in [3.8, 4) is 0 Å². The second kappa shape index (κ2) is 7.68. The van der Waals surface area contributed by atoms with Gasteiger partial charge >= 0.3 is 0 Å². The Bertz CT molecular complexity index is 392. The number of guanidine groups is 1. The summed E-state index contributed by atoms with van der Waals surface area (Å²) in [5.74, 6) is 6.01. The number of aryl methyl sites for hydroxylation is 1. The van der Waals surface area contributed by atoms with Gasteiger partial charge in [-0.15, -0.1) is 0 Å². The van der Waals surface area contributed by atoms with Gasteiger partial charge in [0.1, 0.15) is 0 Å². The van der Waals surface area contributed by atoms with E-state index in [1.165, 1.54) is 5.56 Å². The van der Waals surface area contributed by atoms with E-state index in [1.807, 2.05) is 25.1 Å². The molecular weight excluding hydrogens is 228 g/mol. The lowest BCUT2D eigenvalue weighted by molar-refractivity contribution is 0.185. The van der Waals surface area contributed by atoms with Gasteiger partial charge in [0.05, 0.1) is 12.6 Å². The van der Waals surface area contributed by atoms with Gasteiger partial charge in [-0.1, -0.05) is 25.1 Å². The first-order valence-corrected chi connectivity index (χ1v) is 6.09. The highest BCUT2D eigenvalue weighted by molar-refractivity contribution is 5.94. The van der Waals surface area contributed by atoms with E-state index in [-0.39, 0.29) is 6.04 Å². The third-order valence-electron chi connectivity index (χ3n) is 2.55. The van der Waals surface area contributed by atoms with E-state index in [1.54, 1.807) is 7.11 Å². The SMILES string of the molecule is CCc1ccccc1NC(=NC(C)COC)NN. The summed E-state index contributed by atoms with van der Waals surface area (Å²) in [6.07, 6.45) is 0.953. The smallest absolute Gasteiger partial charge is 0.210 e. The van der Waals surface area contributed by atoms with Crippen LogP contribution in [0.3, 0.4) is 0 Å². The molecular formula is C13H22N4O. The molecule has 0 amide bonds. The number of aliphatic imine (C=N–C) groups is 1. The topological polar surface area (TPSA) is 71.7 Å². The first-order valence-electron chi connectivity index (χ1n) is 6.09. The van der Waals surface area contributed by atoms with Gasteiger partial charge in [0.15, 0.2) is 0 Å². The molecule has 100 valence electrons. The van der Waals surface area contributed by atoms with Crippen LogP contribution in [0.1, 0.15) is 19.4 Å². The minimum absolute atomic E-state index is 0.0438. The molecule has 1 aromatic rings. The van der Waals surface area contributed by atoms with Gasteiger partial charge < -0.3 is 10.1 Å². The van der Waals surface area contributed by atoms with Crippen LogP contribution in [0.15, 0.2) is 29.3 Å². The molecule has 1 atom stereocenters. The van der Waals surface area contributed by atoms with Crippen LogP contribution in [0, 0.1) is 0 Å². The Kier molecular flexibility index (Phi) is 6.18. The van der Waals surface area contributed by atoms with Crippen molar-refractivity contribution >= 4 is 11.6 Å². The van der Waals surface area contributed by atoms with Crippen LogP contribution in [0.2, 0.25) is 0 Å². The highest BCUT2D eigenvalue weighted by Gasteiger charge is 2.05. The zero-order valence-electron chi connectivity index (χ0n) is 11.2. The molecule has 0 saturated heterocycles. The van der Waals surface area contributed by atoms with Crippen molar-refractivity contribution in [3.63, 3.8) is 0 Å². The van der Waals surface area contributed by atoms with Gasteiger partial charge in [-0.25, -0.2) is 10.8 Å². The number of nitrogens with one attached hydrogen (secondary N) is 2. The molecule has 0 bridgehead atoms. The molecule has 5 nitrogen and oxygen atoms in total. The third-order valence-corrected chi connectivity index (χ3v) is 2.55. The van der Waals surface area contributed by atoms with Gasteiger partial charge in [-0.2, -0.15) is 0 Å². The fraction of sp³-hybridized carbons (Fsp3) is 0.462. The van der Waals surface area contributed by atoms with Gasteiger partial charge in [0.2, 0.25) is 5.96 Å². The Labute approximate surface area is 108 Å². The summed E-state index contributed by atoms with van der Waals surface area (Å²) in [6, 6.07) is 8.13. The second-order valence-corrected chi connectivity index (χ2v) is 4.06. The minimum atomic E-state index is 0.0438. The number of anilines is 1. The molecule has 0 aliphatic carbocycles. The Morgan fingerprint density at radius 2 is 2.17 bits per heavy atom. The lowest BCUT2D eigenvalue weighted by Gasteiger charge is -2.14. The molecule has 18 heavy (non-hydrogen) atoms. The number of hydrogen-bond acceptors (Lipinski definition) is 3. The van der Waals surface area contributed by atoms with E-state index < -0.39 is 0 Å². The largest absolute Gasteiger partial charge is 0.382 e. The molecule has 0 fully saturated rings. The Hall–Kier alpha value is -1.59. The van der Waals surface area contributed by atoms with Crippen LogP contribution < -0.4 is 16.6 Å². The van der Waals surface area contributed by atoms with Crippen LogP contribution in [0.5, 0.6) is 0 Å². The van der Waals surface area contributed by atoms with Crippen molar-refractivity contribution < 1.29 is 4.74 Å². The van der Waals surface area contributed by atoms with Gasteiger partial charge in [0.25, 0.3) is 0 Å². The molecule has 1 rings (SSSR count). The van der Waals surface area contributed by atoms with Crippen LogP contribution in [-0.4, -0.2) is 25.7 Å². The first-order chi connectivity index (χ1) is 8.71. The number of para-hydroxylation sites is 1. The zero-order valence-corrected chi connectivity index (χ0v) is 11.2. The average Bonchev–Trinajstić information content (AvgIpc) is 2.38. The summed E-state index contributed by atoms with van der Waals surface area (Å²) in [4.78, 5) is 4.40. The predicted octanol–water partition coefficient (Wildman–Crippen LogP) is 1.52. The van der Waals surface area contributed by atoms with Crippen molar-refractivity contribution in [2.45, 2.75) is 26.3 Å². The number of rotatable bonds is 5. The zero-order chi connectivity index (χ0) is 13.4. The molecule has 0 saturated carbocycles. The van der Waals surface area contributed by atoms with E-state index >= 15 is 0 Å². The van der Waals surface area contributed by atoms with Crippen LogP contribution in [-0.2, 0) is 11.2 Å². The van der Waals surface area contributed by atoms with Crippen molar-refractivity contribution in [1.29, 1.82) is 0 Å². The van der Waals surface area contributed by atoms with E-state index in [0.717, 1.165) is 12.1 Å². The first kappa shape index (κ1) is 14.5. The molecule has 1 unspecified atom stereocenters. The maximum atomic E-state index is 5.47. The summed E-state index contributed by atoms with van der Waals surface area (Å²) in [6.45, 7) is 4.64. The summed E-state index contributed by atoms with van der Waals surface area (Å²) >= 11 is 0. The highest BCUT2D eigenvalue weighted by Crippen LogP contribution is 2.15. The second-order valence-electron chi connectivity index (χ2n) is 4.06. The Morgan fingerprint density at radius 1 is 1.44 bits per heavy atom. The van der Waals surface area contributed by atoms with Crippen molar-refractivity contribution in [3.05, 3.63) is 29.8 Å². The monoisotopic (exact) mass is 250 g/mol. The van der Waals surface area contributed by atoms with Gasteiger partial charge in [-0.05, 0) is 25.0 Å². The number of nitrogens with two attached hydrogens (primary N) is 1. The quantitative estimate of drug-likeness (QED) is 0.321. The fourth-order valence-electron chi connectivity index (χ4n) is 1.68. The predicted molar refractivity (Wildman–Crippen MR) is 75.5 cm³/mol. The minimum Gasteiger partial charge on any atom is -0.382 e. The molecule has 0 heterocycles. The summed E-state index contributed by atoms with van der Waals surface area (Å²) in [5.41, 5.74) is 4.81. The molecule has 0 radical (unpaired) electrons. The molecule has 0 aliphatic rings. The van der Waals surface area contributed by atoms with Crippen LogP contribution in [0.4, 0.5) is 5.69 Å². The molecule has 1 aromatic carbocycles. The maximum Gasteiger partial charge on any atom is 0.210 e. The number of hydrogen-bond donors (Lipinski definition) is 3. The molecule has 0 aliphatic heterocycles. The van der Waals surface area contributed by atoms with Crippen molar-refractivity contribution in [2.24, 2.45) is 10.8 Å². The summed E-state index contributed by atoms with van der Waals surface area (Å²) in [7, 11) is 1.65. The van der Waals surface area contributed by atoms with Crippen LogP contribution in [0.25, 0.3) is 0 Å². The fourth-order valence-corrected chi connectivity index (χ4v) is 1.68. The van der Waals surface area contributed by atoms with Gasteiger partial charge in [0, 0.05) is 12.8 Å². The number of nitrogens with zero attached hydrogens (tertiary/aromatic N) is 1. The summed E-state index contributed by atoms with van der Waals surface area (Å²) in [5, 5.41) is 3.20. The van der Waals surface area contributed by atoms with E-state index in [4.69, 9.17) is 10.6 Å². The Morgan fingerprint density at radius 3 is 2.78 bits per heavy atom. The number of hydrazine groups is 1. The molecule has 5 heteroatoms. The molecule has 4 N–H and O–H groups in total. The van der Waals surface area contributed by atoms with Gasteiger partial charge in [-0.3, -0.25) is 5.43 Å². The highest BCUT2D eigenvalue weighted by atomic mass is 16.5. The third kappa shape index (κ3) is 4.35. The molecule has 0 spiro atoms. The van der Waals surface area contributed by atoms with Crippen molar-refractivity contribution in [2.75, 3.05) is 19.0 Å². The lowest BCUT2D eigenvalue weighted by atomic mass is 10.1. The van der Waals surface area contributed by atoms with Crippen molar-refractivity contribution in [1.82, 2.24) is 5.43 Å². The number of benzene rings is 1.